The Morgan fingerprint density at radius 3 is 3.21 bits per heavy atom. The van der Waals surface area contributed by atoms with Crippen LogP contribution in [0.1, 0.15) is 29.9 Å². The van der Waals surface area contributed by atoms with Crippen molar-refractivity contribution in [2.75, 3.05) is 6.61 Å². The number of thiophene rings is 1. The molecule has 14 heavy (non-hydrogen) atoms. The Bertz CT molecular complexity index is 306. The van der Waals surface area contributed by atoms with Crippen molar-refractivity contribution in [2.24, 2.45) is 0 Å². The van der Waals surface area contributed by atoms with Crippen LogP contribution in [0.2, 0.25) is 0 Å². The fourth-order valence-electron chi connectivity index (χ4n) is 1.69. The molecule has 1 aliphatic rings. The summed E-state index contributed by atoms with van der Waals surface area (Å²) in [4.78, 5) is 1.43. The summed E-state index contributed by atoms with van der Waals surface area (Å²) in [6, 6.07) is 0.561. The van der Waals surface area contributed by atoms with Crippen LogP contribution in [-0.4, -0.2) is 12.6 Å². The molecule has 2 heterocycles. The van der Waals surface area contributed by atoms with Gasteiger partial charge < -0.3 is 10.1 Å². The molecule has 3 heteroatoms. The van der Waals surface area contributed by atoms with Gasteiger partial charge in [0, 0.05) is 17.5 Å². The van der Waals surface area contributed by atoms with Gasteiger partial charge in [-0.05, 0) is 22.9 Å². The van der Waals surface area contributed by atoms with Crippen LogP contribution >= 0.6 is 11.3 Å². The van der Waals surface area contributed by atoms with Gasteiger partial charge >= 0.3 is 0 Å². The molecule has 0 aliphatic carbocycles. The lowest BCUT2D eigenvalue weighted by Gasteiger charge is -2.14. The Morgan fingerprint density at radius 2 is 2.43 bits per heavy atom. The molecule has 1 aromatic rings. The SMILES string of the molecule is CC(C)NCc1csc2c1CCOC2. The summed E-state index contributed by atoms with van der Waals surface area (Å²) in [7, 11) is 0. The van der Waals surface area contributed by atoms with E-state index in [4.69, 9.17) is 4.74 Å². The summed E-state index contributed by atoms with van der Waals surface area (Å²) in [5.41, 5.74) is 3.01. The van der Waals surface area contributed by atoms with Crippen molar-refractivity contribution in [1.82, 2.24) is 5.32 Å². The summed E-state index contributed by atoms with van der Waals surface area (Å²) in [5.74, 6) is 0. The fourth-order valence-corrected chi connectivity index (χ4v) is 2.72. The molecule has 0 radical (unpaired) electrons. The van der Waals surface area contributed by atoms with E-state index in [-0.39, 0.29) is 0 Å². The van der Waals surface area contributed by atoms with Crippen LogP contribution in [0, 0.1) is 0 Å². The van der Waals surface area contributed by atoms with Crippen molar-refractivity contribution in [3.8, 4) is 0 Å². The van der Waals surface area contributed by atoms with E-state index >= 15 is 0 Å². The highest BCUT2D eigenvalue weighted by atomic mass is 32.1. The van der Waals surface area contributed by atoms with E-state index in [0.717, 1.165) is 26.2 Å². The highest BCUT2D eigenvalue weighted by Gasteiger charge is 2.15. The van der Waals surface area contributed by atoms with Gasteiger partial charge in [0.25, 0.3) is 0 Å². The predicted molar refractivity (Wildman–Crippen MR) is 59.7 cm³/mol. The Hall–Kier alpha value is -0.380. The zero-order chi connectivity index (χ0) is 9.97. The van der Waals surface area contributed by atoms with E-state index in [9.17, 15) is 0 Å². The van der Waals surface area contributed by atoms with Gasteiger partial charge in [-0.15, -0.1) is 11.3 Å². The number of hydrogen-bond donors (Lipinski definition) is 1. The second kappa shape index (κ2) is 4.43. The van der Waals surface area contributed by atoms with Crippen LogP contribution in [0.15, 0.2) is 5.38 Å². The summed E-state index contributed by atoms with van der Waals surface area (Å²) in [6.45, 7) is 7.08. The maximum absolute atomic E-state index is 5.42. The molecular weight excluding hydrogens is 194 g/mol. The standard InChI is InChI=1S/C11H17NOS/c1-8(2)12-5-9-7-14-11-6-13-4-3-10(9)11/h7-8,12H,3-6H2,1-2H3. The normalized spacial score (nSPS) is 15.9. The van der Waals surface area contributed by atoms with Crippen molar-refractivity contribution in [3.05, 3.63) is 21.4 Å². The monoisotopic (exact) mass is 211 g/mol. The van der Waals surface area contributed by atoms with Crippen LogP contribution in [0.5, 0.6) is 0 Å². The minimum absolute atomic E-state index is 0.561. The van der Waals surface area contributed by atoms with Crippen LogP contribution in [-0.2, 0) is 24.3 Å². The zero-order valence-corrected chi connectivity index (χ0v) is 9.62. The van der Waals surface area contributed by atoms with Gasteiger partial charge in [-0.2, -0.15) is 0 Å². The lowest BCUT2D eigenvalue weighted by Crippen LogP contribution is -2.22. The fraction of sp³-hybridized carbons (Fsp3) is 0.636. The van der Waals surface area contributed by atoms with Gasteiger partial charge in [0.1, 0.15) is 0 Å². The van der Waals surface area contributed by atoms with Crippen molar-refractivity contribution in [2.45, 2.75) is 39.5 Å². The van der Waals surface area contributed by atoms with E-state index < -0.39 is 0 Å². The zero-order valence-electron chi connectivity index (χ0n) is 8.80. The first kappa shape index (κ1) is 10.1. The van der Waals surface area contributed by atoms with Crippen LogP contribution in [0.25, 0.3) is 0 Å². The molecule has 0 amide bonds. The first-order valence-electron chi connectivity index (χ1n) is 5.16. The van der Waals surface area contributed by atoms with Gasteiger partial charge in [-0.1, -0.05) is 13.8 Å². The molecule has 2 nitrogen and oxygen atoms in total. The molecule has 0 atom stereocenters. The summed E-state index contributed by atoms with van der Waals surface area (Å²) >= 11 is 1.84. The second-order valence-electron chi connectivity index (χ2n) is 4.00. The predicted octanol–water partition coefficient (Wildman–Crippen LogP) is 2.32. The first-order chi connectivity index (χ1) is 6.77. The Labute approximate surface area is 89.3 Å². The molecule has 1 N–H and O–H groups in total. The molecule has 0 aromatic carbocycles. The van der Waals surface area contributed by atoms with Crippen LogP contribution in [0.4, 0.5) is 0 Å². The maximum atomic E-state index is 5.42. The van der Waals surface area contributed by atoms with Crippen molar-refractivity contribution in [3.63, 3.8) is 0 Å². The van der Waals surface area contributed by atoms with E-state index in [1.54, 1.807) is 0 Å². The number of ether oxygens (including phenoxy) is 1. The lowest BCUT2D eigenvalue weighted by atomic mass is 10.1. The van der Waals surface area contributed by atoms with Gasteiger partial charge in [-0.3, -0.25) is 0 Å². The Kier molecular flexibility index (Phi) is 3.21. The van der Waals surface area contributed by atoms with Gasteiger partial charge in [0.15, 0.2) is 0 Å². The summed E-state index contributed by atoms with van der Waals surface area (Å²) in [5, 5.41) is 5.74. The third-order valence-corrected chi connectivity index (χ3v) is 3.55. The molecule has 0 unspecified atom stereocenters. The van der Waals surface area contributed by atoms with E-state index in [0.29, 0.717) is 6.04 Å². The summed E-state index contributed by atoms with van der Waals surface area (Å²) in [6.07, 6.45) is 1.09. The highest BCUT2D eigenvalue weighted by Crippen LogP contribution is 2.27. The van der Waals surface area contributed by atoms with Gasteiger partial charge in [0.05, 0.1) is 13.2 Å². The van der Waals surface area contributed by atoms with E-state index in [1.165, 1.54) is 16.0 Å². The Morgan fingerprint density at radius 1 is 1.57 bits per heavy atom. The number of fused-ring (bicyclic) bond motifs is 1. The minimum atomic E-state index is 0.561. The molecule has 2 rings (SSSR count). The van der Waals surface area contributed by atoms with Gasteiger partial charge in [-0.25, -0.2) is 0 Å². The topological polar surface area (TPSA) is 21.3 Å². The molecule has 78 valence electrons. The third kappa shape index (κ3) is 2.16. The number of hydrogen-bond acceptors (Lipinski definition) is 3. The average Bonchev–Trinajstić information content (AvgIpc) is 2.58. The minimum Gasteiger partial charge on any atom is -0.376 e. The molecule has 1 aliphatic heterocycles. The van der Waals surface area contributed by atoms with Crippen LogP contribution in [0.3, 0.4) is 0 Å². The molecule has 0 saturated carbocycles. The van der Waals surface area contributed by atoms with Crippen molar-refractivity contribution >= 4 is 11.3 Å². The van der Waals surface area contributed by atoms with Crippen LogP contribution < -0.4 is 5.32 Å². The molecule has 1 aromatic heterocycles. The highest BCUT2D eigenvalue weighted by molar-refractivity contribution is 7.10. The lowest BCUT2D eigenvalue weighted by molar-refractivity contribution is 0.113. The summed E-state index contributed by atoms with van der Waals surface area (Å²) < 4.78 is 5.42. The quantitative estimate of drug-likeness (QED) is 0.828. The van der Waals surface area contributed by atoms with Crippen molar-refractivity contribution in [1.29, 1.82) is 0 Å². The molecule has 0 spiro atoms. The first-order valence-corrected chi connectivity index (χ1v) is 6.04. The average molecular weight is 211 g/mol. The molecule has 0 fully saturated rings. The molecule has 0 bridgehead atoms. The number of nitrogens with one attached hydrogen (secondary N) is 1. The smallest absolute Gasteiger partial charge is 0.0812 e. The molecular formula is C11H17NOS. The van der Waals surface area contributed by atoms with E-state index in [2.05, 4.69) is 24.5 Å². The second-order valence-corrected chi connectivity index (χ2v) is 4.97. The molecule has 0 saturated heterocycles. The largest absolute Gasteiger partial charge is 0.376 e. The maximum Gasteiger partial charge on any atom is 0.0812 e. The Balaban J connectivity index is 2.06. The van der Waals surface area contributed by atoms with E-state index in [1.807, 2.05) is 11.3 Å². The van der Waals surface area contributed by atoms with Crippen molar-refractivity contribution < 1.29 is 4.74 Å². The number of rotatable bonds is 3. The third-order valence-electron chi connectivity index (χ3n) is 2.50. The van der Waals surface area contributed by atoms with Gasteiger partial charge in [0.2, 0.25) is 0 Å².